The predicted octanol–water partition coefficient (Wildman–Crippen LogP) is 1.34. The van der Waals surface area contributed by atoms with Crippen molar-refractivity contribution in [3.05, 3.63) is 36.3 Å². The molecule has 5 rings (SSSR count). The number of amides is 2. The minimum atomic E-state index is -0.417. The van der Waals surface area contributed by atoms with Crippen molar-refractivity contribution in [1.82, 2.24) is 35.6 Å². The Morgan fingerprint density at radius 1 is 1.18 bits per heavy atom. The molecule has 12 nitrogen and oxygen atoms in total. The average molecular weight is 464 g/mol. The van der Waals surface area contributed by atoms with Crippen LogP contribution in [0.2, 0.25) is 0 Å². The van der Waals surface area contributed by atoms with Crippen LogP contribution in [0.4, 0.5) is 17.2 Å². The third-order valence-corrected chi connectivity index (χ3v) is 5.81. The Morgan fingerprint density at radius 2 is 2.00 bits per heavy atom. The number of para-hydroxylation sites is 1. The van der Waals surface area contributed by atoms with Gasteiger partial charge in [-0.05, 0) is 25.0 Å². The molecular formula is C22H25N9O3. The van der Waals surface area contributed by atoms with Crippen LogP contribution in [0.1, 0.15) is 29.4 Å². The summed E-state index contributed by atoms with van der Waals surface area (Å²) in [6.45, 7) is 1.72. The van der Waals surface area contributed by atoms with Crippen LogP contribution in [0.25, 0.3) is 11.4 Å². The van der Waals surface area contributed by atoms with E-state index < -0.39 is 5.91 Å². The fraction of sp³-hybridized carbons (Fsp3) is 0.364. The summed E-state index contributed by atoms with van der Waals surface area (Å²) in [5.41, 5.74) is 1.73. The minimum absolute atomic E-state index is 0.0108. The topological polar surface area (TPSA) is 148 Å². The highest BCUT2D eigenvalue weighted by molar-refractivity contribution is 6.00. The van der Waals surface area contributed by atoms with Crippen LogP contribution >= 0.6 is 0 Å². The molecular weight excluding hydrogens is 438 g/mol. The molecule has 176 valence electrons. The van der Waals surface area contributed by atoms with Gasteiger partial charge in [0.2, 0.25) is 5.91 Å². The Kier molecular flexibility index (Phi) is 5.80. The molecule has 0 atom stereocenters. The Morgan fingerprint density at radius 3 is 2.68 bits per heavy atom. The quantitative estimate of drug-likeness (QED) is 0.388. The van der Waals surface area contributed by atoms with Crippen molar-refractivity contribution in [1.29, 1.82) is 0 Å². The van der Waals surface area contributed by atoms with Crippen LogP contribution in [-0.2, 0) is 4.79 Å². The van der Waals surface area contributed by atoms with Crippen LogP contribution in [0.5, 0.6) is 5.75 Å². The minimum Gasteiger partial charge on any atom is -0.494 e. The van der Waals surface area contributed by atoms with E-state index in [0.717, 1.165) is 25.9 Å². The Bertz CT molecular complexity index is 1230. The molecule has 0 radical (unpaired) electrons. The first-order chi connectivity index (χ1) is 16.6. The number of hydrogen-bond acceptors (Lipinski definition) is 9. The number of carbonyl (C=O) groups is 2. The lowest BCUT2D eigenvalue weighted by Crippen LogP contribution is -2.43. The van der Waals surface area contributed by atoms with Gasteiger partial charge in [-0.15, -0.1) is 10.2 Å². The van der Waals surface area contributed by atoms with Crippen molar-refractivity contribution in [2.75, 3.05) is 37.9 Å². The highest BCUT2D eigenvalue weighted by Crippen LogP contribution is 2.37. The summed E-state index contributed by atoms with van der Waals surface area (Å²) >= 11 is 0. The van der Waals surface area contributed by atoms with Crippen molar-refractivity contribution in [2.24, 2.45) is 5.92 Å². The van der Waals surface area contributed by atoms with E-state index in [1.165, 1.54) is 7.05 Å². The number of carbonyl (C=O) groups excluding carboxylic acids is 2. The number of rotatable bonds is 8. The van der Waals surface area contributed by atoms with Crippen LogP contribution in [-0.4, -0.2) is 64.0 Å². The molecule has 0 bridgehead atoms. The lowest BCUT2D eigenvalue weighted by molar-refractivity contribution is -0.117. The van der Waals surface area contributed by atoms with E-state index in [1.54, 1.807) is 19.5 Å². The first-order valence-corrected chi connectivity index (χ1v) is 11.0. The first-order valence-electron chi connectivity index (χ1n) is 11.0. The third kappa shape index (κ3) is 4.27. The number of aromatic nitrogens is 5. The van der Waals surface area contributed by atoms with Crippen LogP contribution < -0.4 is 26.0 Å². The third-order valence-electron chi connectivity index (χ3n) is 5.81. The van der Waals surface area contributed by atoms with E-state index in [1.807, 2.05) is 22.9 Å². The van der Waals surface area contributed by atoms with Gasteiger partial charge in [0, 0.05) is 32.1 Å². The van der Waals surface area contributed by atoms with Gasteiger partial charge in [-0.2, -0.15) is 5.10 Å². The van der Waals surface area contributed by atoms with Gasteiger partial charge < -0.3 is 26.0 Å². The van der Waals surface area contributed by atoms with E-state index >= 15 is 0 Å². The second-order valence-corrected chi connectivity index (χ2v) is 8.21. The largest absolute Gasteiger partial charge is 0.494 e. The van der Waals surface area contributed by atoms with Gasteiger partial charge in [0.25, 0.3) is 5.91 Å². The monoisotopic (exact) mass is 463 g/mol. The molecule has 2 aliphatic rings. The lowest BCUT2D eigenvalue weighted by Gasteiger charge is -2.26. The molecule has 2 amide bonds. The molecule has 2 fully saturated rings. The van der Waals surface area contributed by atoms with Crippen molar-refractivity contribution >= 4 is 29.0 Å². The molecule has 1 aliphatic heterocycles. The standard InChI is InChI=1S/C22H25N9O3/c1-23-22(33)18-16(8-17(28-29-18)27-21(32)12-6-7-12)26-15-5-3-4-14(19(15)34-2)20-25-11-31(30-20)13-9-24-10-13/h3-5,8,11-13,24H,6-7,9-10H2,1-2H3,(H,23,33)(H2,26,27,28,32). The second-order valence-electron chi connectivity index (χ2n) is 8.21. The zero-order valence-electron chi connectivity index (χ0n) is 18.8. The Balaban J connectivity index is 1.47. The van der Waals surface area contributed by atoms with Crippen molar-refractivity contribution in [3.63, 3.8) is 0 Å². The number of nitrogens with one attached hydrogen (secondary N) is 4. The summed E-state index contributed by atoms with van der Waals surface area (Å²) in [7, 11) is 3.07. The smallest absolute Gasteiger partial charge is 0.273 e. The van der Waals surface area contributed by atoms with Gasteiger partial charge in [0.1, 0.15) is 6.33 Å². The zero-order valence-corrected chi connectivity index (χ0v) is 18.8. The summed E-state index contributed by atoms with van der Waals surface area (Å²) in [5.74, 6) is 0.795. The second kappa shape index (κ2) is 9.06. The normalized spacial score (nSPS) is 15.4. The summed E-state index contributed by atoms with van der Waals surface area (Å²) in [6, 6.07) is 7.40. The molecule has 3 aromatic rings. The van der Waals surface area contributed by atoms with Crippen LogP contribution in [0.3, 0.4) is 0 Å². The summed E-state index contributed by atoms with van der Waals surface area (Å²) in [6.07, 6.45) is 3.45. The van der Waals surface area contributed by atoms with Gasteiger partial charge >= 0.3 is 0 Å². The van der Waals surface area contributed by atoms with E-state index in [9.17, 15) is 9.59 Å². The van der Waals surface area contributed by atoms with Gasteiger partial charge in [0.15, 0.2) is 23.1 Å². The molecule has 2 aromatic heterocycles. The Hall–Kier alpha value is -4.06. The van der Waals surface area contributed by atoms with Gasteiger partial charge in [-0.25, -0.2) is 9.67 Å². The highest BCUT2D eigenvalue weighted by Gasteiger charge is 2.30. The maximum atomic E-state index is 12.4. The molecule has 1 aliphatic carbocycles. The maximum absolute atomic E-state index is 12.4. The average Bonchev–Trinajstić information content (AvgIpc) is 3.56. The van der Waals surface area contributed by atoms with E-state index in [2.05, 4.69) is 41.5 Å². The molecule has 0 unspecified atom stereocenters. The first kappa shape index (κ1) is 21.8. The molecule has 1 saturated heterocycles. The molecule has 0 spiro atoms. The number of ether oxygens (including phenoxy) is 1. The number of nitrogens with zero attached hydrogens (tertiary/aromatic N) is 5. The number of benzene rings is 1. The number of anilines is 3. The number of methoxy groups -OCH3 is 1. The Labute approximate surface area is 195 Å². The van der Waals surface area contributed by atoms with Crippen molar-refractivity contribution in [2.45, 2.75) is 18.9 Å². The fourth-order valence-corrected chi connectivity index (χ4v) is 3.62. The molecule has 1 saturated carbocycles. The molecule has 1 aromatic carbocycles. The van der Waals surface area contributed by atoms with Crippen molar-refractivity contribution < 1.29 is 14.3 Å². The maximum Gasteiger partial charge on any atom is 0.273 e. The predicted molar refractivity (Wildman–Crippen MR) is 124 cm³/mol. The zero-order chi connectivity index (χ0) is 23.7. The molecule has 12 heteroatoms. The highest BCUT2D eigenvalue weighted by atomic mass is 16.5. The van der Waals surface area contributed by atoms with Gasteiger partial charge in [0.05, 0.1) is 30.1 Å². The summed E-state index contributed by atoms with van der Waals surface area (Å²) in [4.78, 5) is 29.1. The van der Waals surface area contributed by atoms with Gasteiger partial charge in [-0.3, -0.25) is 9.59 Å². The number of hydrogen-bond donors (Lipinski definition) is 4. The van der Waals surface area contributed by atoms with E-state index in [-0.39, 0.29) is 29.4 Å². The molecule has 3 heterocycles. The summed E-state index contributed by atoms with van der Waals surface area (Å²) in [5, 5.41) is 24.4. The van der Waals surface area contributed by atoms with E-state index in [4.69, 9.17) is 4.74 Å². The van der Waals surface area contributed by atoms with Crippen molar-refractivity contribution in [3.8, 4) is 17.1 Å². The van der Waals surface area contributed by atoms with Gasteiger partial charge in [-0.1, -0.05) is 6.07 Å². The molecule has 34 heavy (non-hydrogen) atoms. The SMILES string of the molecule is CNC(=O)c1nnc(NC(=O)C2CC2)cc1Nc1cccc(-c2ncn(C3CNC3)n2)c1OC. The lowest BCUT2D eigenvalue weighted by atomic mass is 10.1. The molecule has 4 N–H and O–H groups in total. The fourth-order valence-electron chi connectivity index (χ4n) is 3.62. The van der Waals surface area contributed by atoms with Crippen LogP contribution in [0, 0.1) is 5.92 Å². The van der Waals surface area contributed by atoms with E-state index in [0.29, 0.717) is 28.5 Å². The summed E-state index contributed by atoms with van der Waals surface area (Å²) < 4.78 is 7.55. The van der Waals surface area contributed by atoms with Crippen LogP contribution in [0.15, 0.2) is 30.6 Å².